The van der Waals surface area contributed by atoms with Crippen molar-refractivity contribution in [1.29, 1.82) is 0 Å². The van der Waals surface area contributed by atoms with Crippen LogP contribution in [0.1, 0.15) is 38.5 Å². The molecular formula is C12H23N3O. The van der Waals surface area contributed by atoms with E-state index in [1.165, 1.54) is 25.7 Å². The number of nitrogens with zero attached hydrogens (tertiary/aromatic N) is 2. The fourth-order valence-electron chi connectivity index (χ4n) is 2.45. The average molecular weight is 225 g/mol. The molecule has 0 aromatic rings. The molecule has 1 aliphatic heterocycles. The predicted octanol–water partition coefficient (Wildman–Crippen LogP) is 1.36. The highest BCUT2D eigenvalue weighted by Crippen LogP contribution is 2.35. The van der Waals surface area contributed by atoms with Crippen molar-refractivity contribution < 1.29 is 4.74 Å². The van der Waals surface area contributed by atoms with Crippen molar-refractivity contribution in [2.24, 2.45) is 10.7 Å². The van der Waals surface area contributed by atoms with Gasteiger partial charge in [-0.3, -0.25) is 4.99 Å². The third-order valence-corrected chi connectivity index (χ3v) is 3.91. The molecule has 1 saturated heterocycles. The van der Waals surface area contributed by atoms with Crippen LogP contribution >= 0.6 is 0 Å². The van der Waals surface area contributed by atoms with Crippen molar-refractivity contribution in [3.8, 4) is 0 Å². The van der Waals surface area contributed by atoms with E-state index in [0.29, 0.717) is 5.96 Å². The summed E-state index contributed by atoms with van der Waals surface area (Å²) in [6.07, 6.45) is 7.32. The van der Waals surface area contributed by atoms with Gasteiger partial charge in [0.15, 0.2) is 5.96 Å². The van der Waals surface area contributed by atoms with E-state index < -0.39 is 0 Å². The lowest BCUT2D eigenvalue weighted by Crippen LogP contribution is -2.45. The van der Waals surface area contributed by atoms with Crippen molar-refractivity contribution in [2.75, 3.05) is 26.7 Å². The van der Waals surface area contributed by atoms with Crippen LogP contribution in [-0.4, -0.2) is 43.2 Å². The quantitative estimate of drug-likeness (QED) is 0.583. The molecule has 1 aliphatic carbocycles. The van der Waals surface area contributed by atoms with Gasteiger partial charge in [0.2, 0.25) is 0 Å². The Morgan fingerprint density at radius 3 is 2.44 bits per heavy atom. The Hall–Kier alpha value is -0.770. The zero-order valence-electron chi connectivity index (χ0n) is 10.2. The molecule has 2 aliphatic rings. The van der Waals surface area contributed by atoms with E-state index in [-0.39, 0.29) is 5.60 Å². The third kappa shape index (κ3) is 2.48. The monoisotopic (exact) mass is 225 g/mol. The molecule has 0 aromatic heterocycles. The van der Waals surface area contributed by atoms with Gasteiger partial charge in [-0.2, -0.15) is 0 Å². The molecule has 2 fully saturated rings. The molecule has 0 aromatic carbocycles. The van der Waals surface area contributed by atoms with Gasteiger partial charge < -0.3 is 15.4 Å². The lowest BCUT2D eigenvalue weighted by Gasteiger charge is -2.39. The van der Waals surface area contributed by atoms with Crippen molar-refractivity contribution in [1.82, 2.24) is 4.90 Å². The molecule has 1 heterocycles. The molecule has 0 radical (unpaired) electrons. The maximum absolute atomic E-state index is 6.01. The smallest absolute Gasteiger partial charge is 0.191 e. The molecule has 1 saturated carbocycles. The summed E-state index contributed by atoms with van der Waals surface area (Å²) in [4.78, 5) is 6.71. The number of methoxy groups -OCH3 is 1. The number of aliphatic imine (C=N–C) groups is 1. The van der Waals surface area contributed by atoms with Gasteiger partial charge in [-0.1, -0.05) is 0 Å². The molecule has 0 atom stereocenters. The molecule has 0 unspecified atom stereocenters. The number of ether oxygens (including phenoxy) is 1. The lowest BCUT2D eigenvalue weighted by atomic mass is 9.80. The van der Waals surface area contributed by atoms with Crippen LogP contribution in [0.4, 0.5) is 0 Å². The molecule has 4 nitrogen and oxygen atoms in total. The van der Waals surface area contributed by atoms with Gasteiger partial charge in [0.05, 0.1) is 12.1 Å². The highest BCUT2D eigenvalue weighted by atomic mass is 16.5. The van der Waals surface area contributed by atoms with Crippen LogP contribution in [0.25, 0.3) is 0 Å². The van der Waals surface area contributed by atoms with Crippen LogP contribution in [0.2, 0.25) is 0 Å². The Balaban J connectivity index is 1.85. The molecule has 16 heavy (non-hydrogen) atoms. The first kappa shape index (κ1) is 11.7. The zero-order valence-corrected chi connectivity index (χ0v) is 10.2. The molecular weight excluding hydrogens is 202 g/mol. The first-order valence-corrected chi connectivity index (χ1v) is 6.36. The van der Waals surface area contributed by atoms with Crippen LogP contribution < -0.4 is 5.73 Å². The van der Waals surface area contributed by atoms with Gasteiger partial charge in [-0.15, -0.1) is 0 Å². The summed E-state index contributed by atoms with van der Waals surface area (Å²) in [5.41, 5.74) is 6.01. The largest absolute Gasteiger partial charge is 0.376 e. The zero-order chi connectivity index (χ0) is 11.4. The maximum Gasteiger partial charge on any atom is 0.191 e. The average Bonchev–Trinajstić information content (AvgIpc) is 2.29. The van der Waals surface area contributed by atoms with Crippen molar-refractivity contribution in [2.45, 2.75) is 44.1 Å². The Bertz CT molecular complexity index is 249. The normalized spacial score (nSPS) is 25.3. The fraction of sp³-hybridized carbons (Fsp3) is 0.917. The number of piperidine rings is 1. The topological polar surface area (TPSA) is 50.9 Å². The van der Waals surface area contributed by atoms with Crippen LogP contribution in [0.15, 0.2) is 4.99 Å². The Kier molecular flexibility index (Phi) is 3.69. The van der Waals surface area contributed by atoms with Gasteiger partial charge in [0.1, 0.15) is 0 Å². The summed E-state index contributed by atoms with van der Waals surface area (Å²) in [5, 5.41) is 0. The SMILES string of the molecule is COC1(CN=C(N)N2CCCCC2)CCC1. The second kappa shape index (κ2) is 5.04. The van der Waals surface area contributed by atoms with E-state index in [1.54, 1.807) is 7.11 Å². The second-order valence-electron chi connectivity index (χ2n) is 4.96. The minimum atomic E-state index is 0.000404. The van der Waals surface area contributed by atoms with Gasteiger partial charge >= 0.3 is 0 Å². The van der Waals surface area contributed by atoms with Gasteiger partial charge in [0, 0.05) is 20.2 Å². The first-order chi connectivity index (χ1) is 7.76. The van der Waals surface area contributed by atoms with Crippen LogP contribution in [-0.2, 0) is 4.74 Å². The van der Waals surface area contributed by atoms with Crippen LogP contribution in [0.5, 0.6) is 0 Å². The lowest BCUT2D eigenvalue weighted by molar-refractivity contribution is -0.0631. The van der Waals surface area contributed by atoms with Crippen LogP contribution in [0, 0.1) is 0 Å². The van der Waals surface area contributed by atoms with Gasteiger partial charge in [-0.25, -0.2) is 0 Å². The summed E-state index contributed by atoms with van der Waals surface area (Å²) in [7, 11) is 1.78. The number of hydrogen-bond acceptors (Lipinski definition) is 2. The second-order valence-corrected chi connectivity index (χ2v) is 4.96. The Morgan fingerprint density at radius 1 is 1.25 bits per heavy atom. The summed E-state index contributed by atoms with van der Waals surface area (Å²) in [6.45, 7) is 2.86. The van der Waals surface area contributed by atoms with E-state index in [0.717, 1.165) is 32.5 Å². The van der Waals surface area contributed by atoms with Crippen molar-refractivity contribution in [3.05, 3.63) is 0 Å². The maximum atomic E-state index is 6.01. The highest BCUT2D eigenvalue weighted by Gasteiger charge is 2.36. The first-order valence-electron chi connectivity index (χ1n) is 6.36. The number of hydrogen-bond donors (Lipinski definition) is 1. The summed E-state index contributed by atoms with van der Waals surface area (Å²) < 4.78 is 5.53. The minimum absolute atomic E-state index is 0.000404. The molecule has 4 heteroatoms. The van der Waals surface area contributed by atoms with E-state index >= 15 is 0 Å². The summed E-state index contributed by atoms with van der Waals surface area (Å²) in [5.74, 6) is 0.711. The Labute approximate surface area is 97.9 Å². The number of likely N-dealkylation sites (tertiary alicyclic amines) is 1. The molecule has 0 bridgehead atoms. The molecule has 0 spiro atoms. The van der Waals surface area contributed by atoms with E-state index in [2.05, 4.69) is 9.89 Å². The highest BCUT2D eigenvalue weighted by molar-refractivity contribution is 5.78. The number of nitrogens with two attached hydrogens (primary N) is 1. The van der Waals surface area contributed by atoms with Crippen LogP contribution in [0.3, 0.4) is 0 Å². The molecule has 0 amide bonds. The number of rotatable bonds is 3. The minimum Gasteiger partial charge on any atom is -0.376 e. The standard InChI is InChI=1S/C12H23N3O/c1-16-12(6-5-7-12)10-14-11(13)15-8-3-2-4-9-15/h2-10H2,1H3,(H2,13,14). The van der Waals surface area contributed by atoms with Crippen molar-refractivity contribution in [3.63, 3.8) is 0 Å². The summed E-state index contributed by atoms with van der Waals surface area (Å²) in [6, 6.07) is 0. The Morgan fingerprint density at radius 2 is 1.94 bits per heavy atom. The fourth-order valence-corrected chi connectivity index (χ4v) is 2.45. The third-order valence-electron chi connectivity index (χ3n) is 3.91. The van der Waals surface area contributed by atoms with E-state index in [9.17, 15) is 0 Å². The van der Waals surface area contributed by atoms with E-state index in [1.807, 2.05) is 0 Å². The number of guanidine groups is 1. The van der Waals surface area contributed by atoms with Gasteiger partial charge in [-0.05, 0) is 38.5 Å². The summed E-state index contributed by atoms with van der Waals surface area (Å²) >= 11 is 0. The predicted molar refractivity (Wildman–Crippen MR) is 65.5 cm³/mol. The molecule has 2 N–H and O–H groups in total. The molecule has 2 rings (SSSR count). The van der Waals surface area contributed by atoms with Gasteiger partial charge in [0.25, 0.3) is 0 Å². The van der Waals surface area contributed by atoms with Crippen molar-refractivity contribution >= 4 is 5.96 Å². The van der Waals surface area contributed by atoms with E-state index in [4.69, 9.17) is 10.5 Å². The molecule has 92 valence electrons.